The minimum atomic E-state index is -0.608. The van der Waals surface area contributed by atoms with Crippen molar-refractivity contribution in [1.29, 1.82) is 0 Å². The highest BCUT2D eigenvalue weighted by Crippen LogP contribution is 2.27. The third kappa shape index (κ3) is 6.00. The maximum atomic E-state index is 13.1. The van der Waals surface area contributed by atoms with E-state index in [0.29, 0.717) is 13.1 Å². The summed E-state index contributed by atoms with van der Waals surface area (Å²) in [6.07, 6.45) is 0. The predicted octanol–water partition coefficient (Wildman–Crippen LogP) is 9.27. The molecule has 0 atom stereocenters. The van der Waals surface area contributed by atoms with Gasteiger partial charge >= 0.3 is 0 Å². The van der Waals surface area contributed by atoms with Crippen molar-refractivity contribution in [1.82, 2.24) is 9.13 Å². The maximum absolute atomic E-state index is 13.1. The van der Waals surface area contributed by atoms with E-state index in [1.165, 1.54) is 35.4 Å². The van der Waals surface area contributed by atoms with Crippen LogP contribution in [0.5, 0.6) is 11.5 Å². The fourth-order valence-electron chi connectivity index (χ4n) is 4.32. The Balaban J connectivity index is 0.000000161. The smallest absolute Gasteiger partial charge is 0.164 e. The number of phenols is 2. The number of benzene rings is 4. The lowest BCUT2D eigenvalue weighted by Crippen LogP contribution is -1.99. The minimum Gasteiger partial charge on any atom is -0.505 e. The van der Waals surface area contributed by atoms with E-state index < -0.39 is 11.6 Å². The lowest BCUT2D eigenvalue weighted by atomic mass is 10.2. The van der Waals surface area contributed by atoms with Gasteiger partial charge in [-0.15, -0.1) is 22.7 Å². The molecule has 0 aliphatic heterocycles. The molecule has 6 rings (SSSR count). The van der Waals surface area contributed by atoms with Gasteiger partial charge in [-0.1, -0.05) is 24.3 Å². The standard InChI is InChI=1S/2C15H12FNOS2/c2*1-9-2-5-14-12(6-9)17(15(19)20-14)8-10-3-4-11(16)13(18)7-10/h2*2-7,18H,8H2,1H3. The average Bonchev–Trinajstić information content (AvgIpc) is 3.38. The molecular formula is C30H24F2N2O2S4. The molecule has 0 spiro atoms. The molecule has 0 unspecified atom stereocenters. The van der Waals surface area contributed by atoms with Crippen LogP contribution in [0, 0.1) is 33.4 Å². The number of aryl methyl sites for hydroxylation is 2. The van der Waals surface area contributed by atoms with E-state index in [-0.39, 0.29) is 11.5 Å². The molecule has 0 aliphatic carbocycles. The number of thiazole rings is 2. The van der Waals surface area contributed by atoms with E-state index in [2.05, 4.69) is 36.4 Å². The van der Waals surface area contributed by atoms with E-state index >= 15 is 0 Å². The van der Waals surface area contributed by atoms with Crippen LogP contribution in [0.25, 0.3) is 20.4 Å². The Kier molecular flexibility index (Phi) is 8.14. The second-order valence-corrected chi connectivity index (χ2v) is 12.8. The zero-order valence-electron chi connectivity index (χ0n) is 21.5. The van der Waals surface area contributed by atoms with E-state index in [0.717, 1.165) is 39.5 Å². The van der Waals surface area contributed by atoms with Crippen LogP contribution in [0.4, 0.5) is 8.78 Å². The summed E-state index contributed by atoms with van der Waals surface area (Å²) in [5, 5.41) is 18.9. The van der Waals surface area contributed by atoms with Crippen LogP contribution in [0.3, 0.4) is 0 Å². The minimum absolute atomic E-state index is 0.329. The summed E-state index contributed by atoms with van der Waals surface area (Å²) >= 11 is 13.9. The first-order valence-electron chi connectivity index (χ1n) is 12.2. The van der Waals surface area contributed by atoms with Gasteiger partial charge in [-0.2, -0.15) is 0 Å². The van der Waals surface area contributed by atoms with Gasteiger partial charge in [0.05, 0.1) is 20.4 Å². The summed E-state index contributed by atoms with van der Waals surface area (Å²) in [5.41, 5.74) is 6.12. The lowest BCUT2D eigenvalue weighted by molar-refractivity contribution is 0.431. The number of hydrogen-bond donors (Lipinski definition) is 2. The fourth-order valence-corrected chi connectivity index (χ4v) is 6.93. The van der Waals surface area contributed by atoms with Crippen LogP contribution in [0.15, 0.2) is 72.8 Å². The van der Waals surface area contributed by atoms with Gasteiger partial charge < -0.3 is 19.3 Å². The summed E-state index contributed by atoms with van der Waals surface area (Å²) in [6.45, 7) is 5.12. The van der Waals surface area contributed by atoms with Crippen molar-refractivity contribution in [3.63, 3.8) is 0 Å². The Morgan fingerprint density at radius 3 is 1.40 bits per heavy atom. The summed E-state index contributed by atoms with van der Waals surface area (Å²) in [6, 6.07) is 21.2. The largest absolute Gasteiger partial charge is 0.505 e. The molecule has 0 amide bonds. The number of aromatic hydroxyl groups is 2. The fraction of sp³-hybridized carbons (Fsp3) is 0.133. The zero-order valence-corrected chi connectivity index (χ0v) is 24.8. The Morgan fingerprint density at radius 2 is 1.02 bits per heavy atom. The van der Waals surface area contributed by atoms with Crippen LogP contribution < -0.4 is 0 Å². The second-order valence-electron chi connectivity index (χ2n) is 9.42. The van der Waals surface area contributed by atoms with Crippen LogP contribution >= 0.6 is 47.1 Å². The number of phenolic OH excluding ortho intramolecular Hbond substituents is 2. The molecule has 2 N–H and O–H groups in total. The van der Waals surface area contributed by atoms with Crippen molar-refractivity contribution in [3.05, 3.63) is 115 Å². The molecule has 0 saturated carbocycles. The molecule has 0 radical (unpaired) electrons. The molecule has 4 nitrogen and oxygen atoms in total. The number of fused-ring (bicyclic) bond motifs is 2. The van der Waals surface area contributed by atoms with Crippen LogP contribution in [0.2, 0.25) is 0 Å². The lowest BCUT2D eigenvalue weighted by Gasteiger charge is -2.06. The molecule has 204 valence electrons. The van der Waals surface area contributed by atoms with Gasteiger partial charge in [0, 0.05) is 13.1 Å². The summed E-state index contributed by atoms with van der Waals surface area (Å²) in [5.74, 6) is -1.87. The number of nitrogens with zero attached hydrogens (tertiary/aromatic N) is 2. The van der Waals surface area contributed by atoms with Crippen LogP contribution in [-0.4, -0.2) is 19.3 Å². The van der Waals surface area contributed by atoms with E-state index in [4.69, 9.17) is 24.4 Å². The van der Waals surface area contributed by atoms with E-state index in [9.17, 15) is 19.0 Å². The normalized spacial score (nSPS) is 11.1. The SMILES string of the molecule is Cc1ccc2sc(=S)n(Cc3ccc(F)c(O)c3)c2c1.Cc1ccc2sc(=S)n(Cc3ccc(F)c(O)c3)c2c1. The van der Waals surface area contributed by atoms with Crippen molar-refractivity contribution in [3.8, 4) is 11.5 Å². The molecular weight excluding hydrogens is 587 g/mol. The first kappa shape index (κ1) is 28.1. The third-order valence-corrected chi connectivity index (χ3v) is 9.21. The zero-order chi connectivity index (χ0) is 28.6. The molecule has 40 heavy (non-hydrogen) atoms. The molecule has 0 saturated heterocycles. The number of aromatic nitrogens is 2. The van der Waals surface area contributed by atoms with Gasteiger partial charge in [-0.25, -0.2) is 8.78 Å². The maximum Gasteiger partial charge on any atom is 0.164 e. The van der Waals surface area contributed by atoms with Crippen molar-refractivity contribution in [2.24, 2.45) is 0 Å². The monoisotopic (exact) mass is 610 g/mol. The topological polar surface area (TPSA) is 50.3 Å². The molecule has 2 heterocycles. The number of rotatable bonds is 4. The molecule has 0 fully saturated rings. The third-order valence-electron chi connectivity index (χ3n) is 6.35. The van der Waals surface area contributed by atoms with E-state index in [1.54, 1.807) is 34.8 Å². The van der Waals surface area contributed by atoms with Crippen molar-refractivity contribution >= 4 is 67.5 Å². The van der Waals surface area contributed by atoms with Gasteiger partial charge in [0.2, 0.25) is 0 Å². The van der Waals surface area contributed by atoms with Crippen molar-refractivity contribution < 1.29 is 19.0 Å². The summed E-state index contributed by atoms with van der Waals surface area (Å²) in [4.78, 5) is 0. The summed E-state index contributed by atoms with van der Waals surface area (Å²) < 4.78 is 34.0. The van der Waals surface area contributed by atoms with E-state index in [1.807, 2.05) is 23.0 Å². The Hall–Kier alpha value is -3.44. The highest BCUT2D eigenvalue weighted by Gasteiger charge is 2.09. The summed E-state index contributed by atoms with van der Waals surface area (Å²) in [7, 11) is 0. The Morgan fingerprint density at radius 1 is 0.625 bits per heavy atom. The van der Waals surface area contributed by atoms with Gasteiger partial charge in [0.25, 0.3) is 0 Å². The first-order chi connectivity index (χ1) is 19.1. The van der Waals surface area contributed by atoms with Crippen LogP contribution in [0.1, 0.15) is 22.3 Å². The molecule has 0 bridgehead atoms. The van der Waals surface area contributed by atoms with Gasteiger partial charge in [-0.05, 0) is 109 Å². The van der Waals surface area contributed by atoms with Gasteiger partial charge in [-0.3, -0.25) is 0 Å². The first-order valence-corrected chi connectivity index (χ1v) is 14.7. The predicted molar refractivity (Wildman–Crippen MR) is 165 cm³/mol. The number of halogens is 2. The number of hydrogen-bond acceptors (Lipinski definition) is 6. The van der Waals surface area contributed by atoms with Crippen molar-refractivity contribution in [2.45, 2.75) is 26.9 Å². The molecule has 2 aromatic heterocycles. The molecule has 4 aromatic carbocycles. The molecule has 0 aliphatic rings. The second kappa shape index (κ2) is 11.6. The quantitative estimate of drug-likeness (QED) is 0.195. The highest BCUT2D eigenvalue weighted by molar-refractivity contribution is 7.74. The molecule has 10 heteroatoms. The Labute approximate surface area is 247 Å². The molecule has 6 aromatic rings. The van der Waals surface area contributed by atoms with Gasteiger partial charge in [0.15, 0.2) is 31.0 Å². The van der Waals surface area contributed by atoms with Crippen molar-refractivity contribution in [2.75, 3.05) is 0 Å². The van der Waals surface area contributed by atoms with Crippen LogP contribution in [-0.2, 0) is 13.1 Å². The highest BCUT2D eigenvalue weighted by atomic mass is 32.2. The Bertz CT molecular complexity index is 1840. The van der Waals surface area contributed by atoms with Gasteiger partial charge in [0.1, 0.15) is 0 Å². The average molecular weight is 611 g/mol.